The first-order valence-electron chi connectivity index (χ1n) is 45.0. The molecule has 147 heavy (non-hydrogen) atoms. The Bertz CT molecular complexity index is 7090. The molecule has 0 aliphatic heterocycles. The molecular weight excluding hydrogens is 1890 g/mol. The number of halogens is 1. The minimum atomic E-state index is -0.598. The molecule has 0 radical (unpaired) electrons. The van der Waals surface area contributed by atoms with E-state index in [0.29, 0.717) is 147 Å². The van der Waals surface area contributed by atoms with E-state index in [1.165, 1.54) is 69.9 Å². The summed E-state index contributed by atoms with van der Waals surface area (Å²) in [5.74, 6) is 6.08. The van der Waals surface area contributed by atoms with Gasteiger partial charge < -0.3 is 101 Å². The van der Waals surface area contributed by atoms with Crippen molar-refractivity contribution >= 4 is 145 Å². The molecule has 34 heteroatoms. The second kappa shape index (κ2) is 55.6. The molecule has 15 rings (SSSR count). The molecule has 0 spiro atoms. The predicted molar refractivity (Wildman–Crippen MR) is 571 cm³/mol. The lowest BCUT2D eigenvalue weighted by Gasteiger charge is -2.12. The van der Waals surface area contributed by atoms with Crippen molar-refractivity contribution < 1.29 is 92.3 Å². The van der Waals surface area contributed by atoms with E-state index < -0.39 is 10.7 Å². The number of aliphatic hydroxyl groups excluding tert-OH is 5. The molecule has 0 fully saturated rings. The molecule has 33 nitrogen and oxygen atoms in total. The summed E-state index contributed by atoms with van der Waals surface area (Å²) in [5, 5.41) is 74.6. The Morgan fingerprint density at radius 1 is 0.306 bits per heavy atom. The fraction of sp³-hybridized carbons (Fsp3) is 0.115. The second-order valence-corrected chi connectivity index (χ2v) is 31.6. The lowest BCUT2D eigenvalue weighted by atomic mass is 10.1. The molecular formula is C113H106ClN13O20. The first-order valence-corrected chi connectivity index (χ1v) is 45.4. The van der Waals surface area contributed by atoms with Crippen LogP contribution in [0, 0.1) is 10.1 Å². The molecule has 0 atom stereocenters. The Kier molecular flexibility index (Phi) is 41.2. The quantitative estimate of drug-likeness (QED) is 0.00560. The number of nitrogen functional groups attached to an aromatic ring is 2. The van der Waals surface area contributed by atoms with Crippen molar-refractivity contribution in [1.29, 1.82) is 0 Å². The molecule has 0 aliphatic rings. The third-order valence-electron chi connectivity index (χ3n) is 21.7. The minimum Gasteiger partial charge on any atom is -0.497 e. The zero-order chi connectivity index (χ0) is 105. The van der Waals surface area contributed by atoms with Gasteiger partial charge in [-0.25, -0.2) is 24.9 Å². The maximum absolute atomic E-state index is 12.6. The van der Waals surface area contributed by atoms with Gasteiger partial charge in [-0.2, -0.15) is 0 Å². The largest absolute Gasteiger partial charge is 0.497 e. The van der Waals surface area contributed by atoms with Crippen LogP contribution >= 0.6 is 11.6 Å². The highest BCUT2D eigenvalue weighted by Gasteiger charge is 2.20. The normalized spacial score (nSPS) is 10.8. The number of pyridine rings is 5. The fourth-order valence-electron chi connectivity index (χ4n) is 13.9. The number of carbonyl (C=O) groups excluding carboxylic acids is 5. The number of anilines is 12. The number of aromatic nitrogens is 5. The van der Waals surface area contributed by atoms with Crippen molar-refractivity contribution in [3.05, 3.63) is 421 Å². The van der Waals surface area contributed by atoms with Crippen LogP contribution in [0.1, 0.15) is 107 Å². The highest BCUT2D eigenvalue weighted by Crippen LogP contribution is 2.36. The second-order valence-electron chi connectivity index (χ2n) is 31.2. The Morgan fingerprint density at radius 2 is 0.551 bits per heavy atom. The monoisotopic (exact) mass is 2000 g/mol. The maximum Gasteiger partial charge on any atom is 0.311 e. The van der Waals surface area contributed by atoms with E-state index in [9.17, 15) is 59.6 Å². The van der Waals surface area contributed by atoms with Gasteiger partial charge in [0.05, 0.1) is 101 Å². The molecule has 10 aromatic carbocycles. The summed E-state index contributed by atoms with van der Waals surface area (Å²) < 4.78 is 41.7. The number of carbonyl (C=O) groups is 5. The summed E-state index contributed by atoms with van der Waals surface area (Å²) in [5.41, 5.74) is 25.4. The summed E-state index contributed by atoms with van der Waals surface area (Å²) in [6.07, 6.45) is 24.0. The average molecular weight is 2000 g/mol. The Labute approximate surface area is 852 Å². The van der Waals surface area contributed by atoms with Gasteiger partial charge in [-0.1, -0.05) is 41.9 Å². The van der Waals surface area contributed by atoms with Crippen LogP contribution in [-0.4, -0.2) is 141 Å². The van der Waals surface area contributed by atoms with Crippen LogP contribution in [0.5, 0.6) is 46.0 Å². The van der Waals surface area contributed by atoms with Crippen LogP contribution in [0.25, 0.3) is 30.4 Å². The van der Waals surface area contributed by atoms with E-state index in [1.807, 2.05) is 48.5 Å². The van der Waals surface area contributed by atoms with Crippen LogP contribution in [0.2, 0.25) is 5.02 Å². The maximum atomic E-state index is 12.6. The number of ether oxygens (including phenoxy) is 8. The van der Waals surface area contributed by atoms with Crippen LogP contribution in [0.4, 0.5) is 74.6 Å². The molecule has 15 aromatic rings. The number of ketones is 5. The van der Waals surface area contributed by atoms with E-state index in [-0.39, 0.29) is 73.2 Å². The summed E-state index contributed by atoms with van der Waals surface area (Å²) in [6.45, 7) is -0.567. The third-order valence-corrected chi connectivity index (χ3v) is 22.0. The number of nitrogens with two attached hydrogens (primary N) is 2. The molecule has 0 unspecified atom stereocenters. The van der Waals surface area contributed by atoms with Crippen LogP contribution in [-0.2, 0) is 33.0 Å². The van der Waals surface area contributed by atoms with Gasteiger partial charge >= 0.3 is 5.69 Å². The first-order chi connectivity index (χ1) is 71.4. The van der Waals surface area contributed by atoms with Crippen LogP contribution < -0.4 is 75.9 Å². The van der Waals surface area contributed by atoms with Gasteiger partial charge in [-0.15, -0.1) is 0 Å². The Morgan fingerprint density at radius 3 is 0.803 bits per heavy atom. The predicted octanol–water partition coefficient (Wildman–Crippen LogP) is 20.9. The van der Waals surface area contributed by atoms with E-state index in [4.69, 9.17) is 61.0 Å². The number of benzene rings is 10. The average Bonchev–Trinajstić information content (AvgIpc) is 0.820. The Hall–Kier alpha value is -18.5. The standard InChI is InChI=1S/C23H21N3O6.C23H23N3O4.C23H22N2O4.C22H19ClN2O3.C22H21N3O3/c1-31-21-10-7-16(12-19(21)26(29)30)20(28)9-6-15-4-3-11-24-23(15)25-18-8-5-17(14-27)22(13-18)32-2;1-29-21-10-7-16(12-19(21)24)20(28)9-6-15-4-3-11-25-23(15)26-18-8-5-17(14-27)22(13-18)30-2;1-28-20-10-6-16(7-11-20)21(27)12-8-17-4-3-13-24-23(17)25-19-9-5-18(15-26)22(14-19)29-2;2*1-28-21-13-19(10-6-17(21)14-26)25-22-16(3-2-12-24-22)7-11-20(27)15-4-8-18(23)9-5-15/h3-13,27H,14H2,1-2H3,(H,24,25);3-13,27H,14,24H2,1-2H3,(H,25,26);3-14,26H,15H2,1-2H3,(H,24,25);2-13,26H,14H2,1H3,(H,24,25);2-13,26H,14,23H2,1H3,(H,24,25)/b2*9-6+;12-8+;2*11-7+. The highest BCUT2D eigenvalue weighted by molar-refractivity contribution is 6.30. The number of nitro groups is 1. The fourth-order valence-corrected chi connectivity index (χ4v) is 14.1. The van der Waals surface area contributed by atoms with Crippen molar-refractivity contribution in [3.8, 4) is 46.0 Å². The Balaban J connectivity index is 0.000000175. The molecule has 0 aliphatic carbocycles. The number of nitrogens with one attached hydrogen (secondary N) is 5. The molecule has 5 heterocycles. The van der Waals surface area contributed by atoms with E-state index in [1.54, 1.807) is 291 Å². The summed E-state index contributed by atoms with van der Waals surface area (Å²) in [6, 6.07) is 74.4. The number of nitro benzene ring substituents is 1. The number of rotatable bonds is 39. The van der Waals surface area contributed by atoms with Gasteiger partial charge in [-0.05, 0) is 255 Å². The number of methoxy groups -OCH3 is 8. The van der Waals surface area contributed by atoms with Gasteiger partial charge in [0.2, 0.25) is 0 Å². The highest BCUT2D eigenvalue weighted by atomic mass is 35.5. The van der Waals surface area contributed by atoms with Crippen molar-refractivity contribution in [2.75, 3.05) is 94.9 Å². The minimum absolute atomic E-state index is 0.0805. The summed E-state index contributed by atoms with van der Waals surface area (Å²) in [7, 11) is 12.2. The molecule has 0 bridgehead atoms. The zero-order valence-corrected chi connectivity index (χ0v) is 81.9. The number of hydrogen-bond acceptors (Lipinski definition) is 32. The van der Waals surface area contributed by atoms with E-state index in [2.05, 4.69) is 51.5 Å². The van der Waals surface area contributed by atoms with Gasteiger partial charge in [0, 0.05) is 190 Å². The van der Waals surface area contributed by atoms with Crippen molar-refractivity contribution in [1.82, 2.24) is 24.9 Å². The van der Waals surface area contributed by atoms with Crippen molar-refractivity contribution in [2.24, 2.45) is 0 Å². The molecule has 0 saturated carbocycles. The molecule has 5 aromatic heterocycles. The topological polar surface area (TPSA) is 480 Å². The molecule has 750 valence electrons. The van der Waals surface area contributed by atoms with Gasteiger partial charge in [0.25, 0.3) is 0 Å². The van der Waals surface area contributed by atoms with Gasteiger partial charge in [-0.3, -0.25) is 34.1 Å². The number of nitrogens with zero attached hydrogens (tertiary/aromatic N) is 6. The SMILES string of the molecule is COc1cc(Nc2ncccc2/C=C/C(=O)c2ccc(Cl)cc2)ccc1CO.COc1cc(Nc2ncccc2/C=C/C(=O)c2ccc(N)cc2)ccc1CO.COc1cc(Nc2ncccc2/C=C/C(=O)c2ccc(OC)c([N+](=O)[O-])c2)ccc1CO.COc1ccc(C(=O)/C=C/c2cccnc2Nc2ccc(CO)c(OC)c2)cc1.COc1ccc(C(=O)/C=C/c2cccnc2Nc2ccc(CO)c(OC)c2)cc1N. The van der Waals surface area contributed by atoms with Crippen molar-refractivity contribution in [3.63, 3.8) is 0 Å². The first kappa shape index (κ1) is 109. The lowest BCUT2D eigenvalue weighted by molar-refractivity contribution is -0.385. The molecule has 14 N–H and O–H groups in total. The number of hydrogen-bond donors (Lipinski definition) is 12. The molecule has 0 amide bonds. The van der Waals surface area contributed by atoms with Crippen LogP contribution in [0.15, 0.2) is 322 Å². The van der Waals surface area contributed by atoms with E-state index in [0.717, 1.165) is 45.0 Å². The van der Waals surface area contributed by atoms with Gasteiger partial charge in [0.1, 0.15) is 69.3 Å². The smallest absolute Gasteiger partial charge is 0.311 e. The van der Waals surface area contributed by atoms with Gasteiger partial charge in [0.15, 0.2) is 34.7 Å². The van der Waals surface area contributed by atoms with Crippen LogP contribution in [0.3, 0.4) is 0 Å². The number of aliphatic hydroxyl groups is 5. The third kappa shape index (κ3) is 31.5. The zero-order valence-electron chi connectivity index (χ0n) is 81.1. The lowest BCUT2D eigenvalue weighted by Crippen LogP contribution is -2.00. The van der Waals surface area contributed by atoms with E-state index >= 15 is 0 Å². The molecule has 0 saturated heterocycles. The summed E-state index contributed by atoms with van der Waals surface area (Å²) in [4.78, 5) is 94.6. The number of allylic oxidation sites excluding steroid dienone is 5. The summed E-state index contributed by atoms with van der Waals surface area (Å²) >= 11 is 5.86. The van der Waals surface area contributed by atoms with Crippen molar-refractivity contribution in [2.45, 2.75) is 33.0 Å².